The van der Waals surface area contributed by atoms with Crippen molar-refractivity contribution in [3.05, 3.63) is 33.4 Å². The molecule has 0 spiro atoms. The summed E-state index contributed by atoms with van der Waals surface area (Å²) in [5.41, 5.74) is 1.49. The number of benzene rings is 1. The molecular weight excluding hydrogens is 319 g/mol. The quantitative estimate of drug-likeness (QED) is 0.558. The first kappa shape index (κ1) is 15.0. The molecule has 0 amide bonds. The smallest absolute Gasteiger partial charge is 0.0130 e. The van der Waals surface area contributed by atoms with Crippen LogP contribution in [0.25, 0.3) is 0 Å². The fourth-order valence-electron chi connectivity index (χ4n) is 2.08. The largest absolute Gasteiger partial charge is 0.0628 e. The number of rotatable bonds is 7. The number of hydrogen-bond donors (Lipinski definition) is 0. The SMILES string of the molecule is CC(C)CCCC(C)CCc1ccc(I)cc1. The van der Waals surface area contributed by atoms with Gasteiger partial charge in [0.1, 0.15) is 0 Å². The molecule has 0 saturated carbocycles. The van der Waals surface area contributed by atoms with E-state index in [0.29, 0.717) is 0 Å². The summed E-state index contributed by atoms with van der Waals surface area (Å²) >= 11 is 2.36. The molecule has 1 atom stereocenters. The predicted molar refractivity (Wildman–Crippen MR) is 85.3 cm³/mol. The van der Waals surface area contributed by atoms with E-state index in [-0.39, 0.29) is 0 Å². The molecule has 0 aliphatic rings. The van der Waals surface area contributed by atoms with Crippen LogP contribution in [0.5, 0.6) is 0 Å². The van der Waals surface area contributed by atoms with Gasteiger partial charge in [0.05, 0.1) is 0 Å². The second-order valence-electron chi connectivity index (χ2n) is 5.60. The fourth-order valence-corrected chi connectivity index (χ4v) is 2.44. The number of hydrogen-bond acceptors (Lipinski definition) is 0. The van der Waals surface area contributed by atoms with E-state index in [4.69, 9.17) is 0 Å². The Hall–Kier alpha value is -0.0500. The predicted octanol–water partition coefficient (Wildman–Crippen LogP) is 5.69. The van der Waals surface area contributed by atoms with Crippen molar-refractivity contribution in [1.82, 2.24) is 0 Å². The molecule has 96 valence electrons. The van der Waals surface area contributed by atoms with Gasteiger partial charge in [-0.25, -0.2) is 0 Å². The molecule has 0 N–H and O–H groups in total. The van der Waals surface area contributed by atoms with E-state index in [1.165, 1.54) is 41.2 Å². The maximum Gasteiger partial charge on any atom is 0.0130 e. The summed E-state index contributed by atoms with van der Waals surface area (Å²) in [6, 6.07) is 8.95. The molecule has 1 aromatic rings. The van der Waals surface area contributed by atoms with Crippen LogP contribution < -0.4 is 0 Å². The van der Waals surface area contributed by atoms with Crippen molar-refractivity contribution in [2.24, 2.45) is 11.8 Å². The first-order valence-electron chi connectivity index (χ1n) is 6.82. The molecule has 0 heterocycles. The molecule has 1 heteroatoms. The van der Waals surface area contributed by atoms with E-state index < -0.39 is 0 Å². The molecule has 1 rings (SSSR count). The molecule has 0 saturated heterocycles. The van der Waals surface area contributed by atoms with Crippen molar-refractivity contribution in [1.29, 1.82) is 0 Å². The van der Waals surface area contributed by atoms with Crippen LogP contribution in [0.4, 0.5) is 0 Å². The summed E-state index contributed by atoms with van der Waals surface area (Å²) in [4.78, 5) is 0. The zero-order valence-corrected chi connectivity index (χ0v) is 13.5. The minimum absolute atomic E-state index is 0.860. The van der Waals surface area contributed by atoms with Crippen molar-refractivity contribution in [2.45, 2.75) is 52.9 Å². The normalized spacial score (nSPS) is 13.0. The molecule has 0 aromatic heterocycles. The zero-order valence-electron chi connectivity index (χ0n) is 11.4. The van der Waals surface area contributed by atoms with Crippen molar-refractivity contribution < 1.29 is 0 Å². The summed E-state index contributed by atoms with van der Waals surface area (Å²) in [7, 11) is 0. The van der Waals surface area contributed by atoms with Crippen molar-refractivity contribution in [3.63, 3.8) is 0 Å². The van der Waals surface area contributed by atoms with Gasteiger partial charge in [0.2, 0.25) is 0 Å². The summed E-state index contributed by atoms with van der Waals surface area (Å²) in [6.07, 6.45) is 6.74. The van der Waals surface area contributed by atoms with Gasteiger partial charge >= 0.3 is 0 Å². The molecular formula is C16H25I. The highest BCUT2D eigenvalue weighted by atomic mass is 127. The second-order valence-corrected chi connectivity index (χ2v) is 6.84. The molecule has 0 radical (unpaired) electrons. The molecule has 1 unspecified atom stereocenters. The Labute approximate surface area is 120 Å². The van der Waals surface area contributed by atoms with Gasteiger partial charge in [-0.2, -0.15) is 0 Å². The summed E-state index contributed by atoms with van der Waals surface area (Å²) < 4.78 is 1.33. The van der Waals surface area contributed by atoms with Crippen molar-refractivity contribution >= 4 is 22.6 Å². The lowest BCUT2D eigenvalue weighted by Gasteiger charge is -2.12. The highest BCUT2D eigenvalue weighted by Gasteiger charge is 2.04. The number of aryl methyl sites for hydroxylation is 1. The topological polar surface area (TPSA) is 0 Å². The third kappa shape index (κ3) is 7.07. The van der Waals surface area contributed by atoms with Crippen LogP contribution in [0, 0.1) is 15.4 Å². The van der Waals surface area contributed by atoms with Crippen LogP contribution in [0.2, 0.25) is 0 Å². The molecule has 0 aliphatic carbocycles. The average molecular weight is 344 g/mol. The van der Waals surface area contributed by atoms with Crippen LogP contribution in [-0.4, -0.2) is 0 Å². The van der Waals surface area contributed by atoms with Crippen molar-refractivity contribution in [3.8, 4) is 0 Å². The van der Waals surface area contributed by atoms with Gasteiger partial charge in [0.25, 0.3) is 0 Å². The van der Waals surface area contributed by atoms with Crippen LogP contribution in [0.15, 0.2) is 24.3 Å². The first-order chi connectivity index (χ1) is 8.08. The molecule has 0 fully saturated rings. The van der Waals surface area contributed by atoms with Gasteiger partial charge < -0.3 is 0 Å². The minimum Gasteiger partial charge on any atom is -0.0628 e. The Bertz CT molecular complexity index is 300. The third-order valence-corrected chi connectivity index (χ3v) is 4.04. The van der Waals surface area contributed by atoms with E-state index in [1.54, 1.807) is 0 Å². The standard InChI is InChI=1S/C16H25I/c1-13(2)5-4-6-14(3)7-8-15-9-11-16(17)12-10-15/h9-14H,4-8H2,1-3H3. The highest BCUT2D eigenvalue weighted by Crippen LogP contribution is 2.18. The van der Waals surface area contributed by atoms with Crippen LogP contribution in [0.1, 0.15) is 52.0 Å². The average Bonchev–Trinajstić information content (AvgIpc) is 2.28. The van der Waals surface area contributed by atoms with Gasteiger partial charge in [-0.15, -0.1) is 0 Å². The van der Waals surface area contributed by atoms with E-state index in [1.807, 2.05) is 0 Å². The minimum atomic E-state index is 0.860. The maximum absolute atomic E-state index is 2.40. The maximum atomic E-state index is 2.40. The number of halogens is 1. The first-order valence-corrected chi connectivity index (χ1v) is 7.90. The van der Waals surface area contributed by atoms with Gasteiger partial charge in [0, 0.05) is 3.57 Å². The third-order valence-electron chi connectivity index (χ3n) is 3.32. The lowest BCUT2D eigenvalue weighted by atomic mass is 9.94. The Kier molecular flexibility index (Phi) is 7.17. The van der Waals surface area contributed by atoms with Gasteiger partial charge in [-0.05, 0) is 65.0 Å². The Morgan fingerprint density at radius 1 is 0.941 bits per heavy atom. The van der Waals surface area contributed by atoms with Crippen LogP contribution >= 0.6 is 22.6 Å². The lowest BCUT2D eigenvalue weighted by Crippen LogP contribution is -1.99. The second kappa shape index (κ2) is 8.12. The molecule has 0 bridgehead atoms. The summed E-state index contributed by atoms with van der Waals surface area (Å²) in [5, 5.41) is 0. The molecule has 0 aliphatic heterocycles. The highest BCUT2D eigenvalue weighted by molar-refractivity contribution is 14.1. The lowest BCUT2D eigenvalue weighted by molar-refractivity contribution is 0.437. The Balaban J connectivity index is 2.19. The molecule has 0 nitrogen and oxygen atoms in total. The van der Waals surface area contributed by atoms with E-state index in [2.05, 4.69) is 67.6 Å². The van der Waals surface area contributed by atoms with E-state index >= 15 is 0 Å². The monoisotopic (exact) mass is 344 g/mol. The molecule has 1 aromatic carbocycles. The van der Waals surface area contributed by atoms with E-state index in [0.717, 1.165) is 11.8 Å². The zero-order chi connectivity index (χ0) is 12.7. The van der Waals surface area contributed by atoms with Gasteiger partial charge in [0.15, 0.2) is 0 Å². The summed E-state index contributed by atoms with van der Waals surface area (Å²) in [6.45, 7) is 7.03. The molecule has 17 heavy (non-hydrogen) atoms. The van der Waals surface area contributed by atoms with Crippen molar-refractivity contribution in [2.75, 3.05) is 0 Å². The van der Waals surface area contributed by atoms with E-state index in [9.17, 15) is 0 Å². The Morgan fingerprint density at radius 3 is 2.18 bits per heavy atom. The van der Waals surface area contributed by atoms with Crippen LogP contribution in [0.3, 0.4) is 0 Å². The summed E-state index contributed by atoms with van der Waals surface area (Å²) in [5.74, 6) is 1.73. The van der Waals surface area contributed by atoms with Gasteiger partial charge in [-0.1, -0.05) is 52.2 Å². The van der Waals surface area contributed by atoms with Gasteiger partial charge in [-0.3, -0.25) is 0 Å². The van der Waals surface area contributed by atoms with Crippen LogP contribution in [-0.2, 0) is 6.42 Å². The fraction of sp³-hybridized carbons (Fsp3) is 0.625. The Morgan fingerprint density at radius 2 is 1.59 bits per heavy atom.